The number of amides is 1. The highest BCUT2D eigenvalue weighted by Gasteiger charge is 2.20. The SMILES string of the molecule is Cc1ccc(NC(=O)c2cc(Cl)c3c(c2)OCO3)c(C)c1. The summed E-state index contributed by atoms with van der Waals surface area (Å²) in [5.74, 6) is 0.746. The lowest BCUT2D eigenvalue weighted by Crippen LogP contribution is -2.12. The molecule has 5 heteroatoms. The number of carbonyl (C=O) groups excluding carboxylic acids is 1. The quantitative estimate of drug-likeness (QED) is 0.914. The number of fused-ring (bicyclic) bond motifs is 1. The van der Waals surface area contributed by atoms with Crippen LogP contribution in [0.15, 0.2) is 30.3 Å². The molecule has 21 heavy (non-hydrogen) atoms. The highest BCUT2D eigenvalue weighted by Crippen LogP contribution is 2.39. The smallest absolute Gasteiger partial charge is 0.255 e. The summed E-state index contributed by atoms with van der Waals surface area (Å²) in [4.78, 5) is 12.3. The van der Waals surface area contributed by atoms with Gasteiger partial charge in [0.1, 0.15) is 0 Å². The molecule has 0 aromatic heterocycles. The molecule has 0 radical (unpaired) electrons. The molecule has 4 nitrogen and oxygen atoms in total. The van der Waals surface area contributed by atoms with E-state index in [1.54, 1.807) is 12.1 Å². The van der Waals surface area contributed by atoms with E-state index in [0.29, 0.717) is 22.1 Å². The van der Waals surface area contributed by atoms with Crippen molar-refractivity contribution in [3.8, 4) is 11.5 Å². The van der Waals surface area contributed by atoms with Crippen molar-refractivity contribution in [3.05, 3.63) is 52.0 Å². The number of benzene rings is 2. The molecule has 0 saturated carbocycles. The lowest BCUT2D eigenvalue weighted by atomic mass is 10.1. The first-order valence-electron chi connectivity index (χ1n) is 6.52. The van der Waals surface area contributed by atoms with Crippen LogP contribution in [0.4, 0.5) is 5.69 Å². The highest BCUT2D eigenvalue weighted by molar-refractivity contribution is 6.32. The normalized spacial score (nSPS) is 12.3. The number of anilines is 1. The molecule has 1 aliphatic rings. The Balaban J connectivity index is 1.87. The van der Waals surface area contributed by atoms with Gasteiger partial charge in [0.25, 0.3) is 5.91 Å². The molecule has 2 aromatic carbocycles. The van der Waals surface area contributed by atoms with E-state index in [1.165, 1.54) is 0 Å². The maximum Gasteiger partial charge on any atom is 0.255 e. The highest BCUT2D eigenvalue weighted by atomic mass is 35.5. The summed E-state index contributed by atoms with van der Waals surface area (Å²) >= 11 is 6.09. The molecule has 0 bridgehead atoms. The van der Waals surface area contributed by atoms with Crippen LogP contribution in [-0.2, 0) is 0 Å². The molecule has 1 amide bonds. The van der Waals surface area contributed by atoms with Gasteiger partial charge in [-0.15, -0.1) is 0 Å². The van der Waals surface area contributed by atoms with E-state index in [-0.39, 0.29) is 12.7 Å². The largest absolute Gasteiger partial charge is 0.454 e. The predicted octanol–water partition coefficient (Wildman–Crippen LogP) is 3.94. The van der Waals surface area contributed by atoms with Crippen LogP contribution in [0, 0.1) is 13.8 Å². The molecule has 0 spiro atoms. The number of carbonyl (C=O) groups is 1. The van der Waals surface area contributed by atoms with E-state index < -0.39 is 0 Å². The van der Waals surface area contributed by atoms with Crippen LogP contribution in [0.1, 0.15) is 21.5 Å². The third-order valence-corrected chi connectivity index (χ3v) is 3.60. The Morgan fingerprint density at radius 3 is 2.76 bits per heavy atom. The van der Waals surface area contributed by atoms with Crippen molar-refractivity contribution >= 4 is 23.2 Å². The fourth-order valence-corrected chi connectivity index (χ4v) is 2.51. The topological polar surface area (TPSA) is 47.6 Å². The van der Waals surface area contributed by atoms with Crippen molar-refractivity contribution in [2.75, 3.05) is 12.1 Å². The molecule has 0 fully saturated rings. The Bertz CT molecular complexity index is 728. The number of halogens is 1. The fourth-order valence-electron chi connectivity index (χ4n) is 2.25. The van der Waals surface area contributed by atoms with Crippen LogP contribution in [0.2, 0.25) is 5.02 Å². The molecule has 0 aliphatic carbocycles. The van der Waals surface area contributed by atoms with E-state index in [0.717, 1.165) is 16.8 Å². The molecule has 2 aromatic rings. The summed E-state index contributed by atoms with van der Waals surface area (Å²) in [7, 11) is 0. The third-order valence-electron chi connectivity index (χ3n) is 3.32. The van der Waals surface area contributed by atoms with Crippen molar-refractivity contribution in [2.45, 2.75) is 13.8 Å². The zero-order chi connectivity index (χ0) is 15.0. The molecular weight excluding hydrogens is 290 g/mol. The van der Waals surface area contributed by atoms with Crippen molar-refractivity contribution in [3.63, 3.8) is 0 Å². The Morgan fingerprint density at radius 1 is 1.19 bits per heavy atom. The molecule has 1 heterocycles. The van der Waals surface area contributed by atoms with E-state index in [2.05, 4.69) is 5.32 Å². The second kappa shape index (κ2) is 5.30. The molecule has 3 rings (SSSR count). The van der Waals surface area contributed by atoms with Crippen LogP contribution in [0.3, 0.4) is 0 Å². The van der Waals surface area contributed by atoms with Crippen LogP contribution >= 0.6 is 11.6 Å². The first-order chi connectivity index (χ1) is 10.0. The molecule has 108 valence electrons. The van der Waals surface area contributed by atoms with Gasteiger partial charge in [-0.25, -0.2) is 0 Å². The monoisotopic (exact) mass is 303 g/mol. The van der Waals surface area contributed by atoms with Gasteiger partial charge in [0.05, 0.1) is 5.02 Å². The lowest BCUT2D eigenvalue weighted by molar-refractivity contribution is 0.102. The van der Waals surface area contributed by atoms with Gasteiger partial charge in [0.2, 0.25) is 6.79 Å². The second-order valence-electron chi connectivity index (χ2n) is 4.96. The standard InChI is InChI=1S/C16H14ClNO3/c1-9-3-4-13(10(2)5-9)18-16(19)11-6-12(17)15-14(7-11)20-8-21-15/h3-7H,8H2,1-2H3,(H,18,19). The average Bonchev–Trinajstić information content (AvgIpc) is 2.90. The minimum absolute atomic E-state index is 0.122. The molecular formula is C16H14ClNO3. The minimum atomic E-state index is -0.234. The number of aryl methyl sites for hydroxylation is 2. The van der Waals surface area contributed by atoms with Crippen molar-refractivity contribution in [2.24, 2.45) is 0 Å². The maximum absolute atomic E-state index is 12.3. The zero-order valence-electron chi connectivity index (χ0n) is 11.7. The van der Waals surface area contributed by atoms with Crippen molar-refractivity contribution in [1.29, 1.82) is 0 Å². The number of ether oxygens (including phenoxy) is 2. The van der Waals surface area contributed by atoms with Gasteiger partial charge in [0, 0.05) is 11.3 Å². The van der Waals surface area contributed by atoms with E-state index in [4.69, 9.17) is 21.1 Å². The number of rotatable bonds is 2. The van der Waals surface area contributed by atoms with E-state index >= 15 is 0 Å². The number of nitrogens with one attached hydrogen (secondary N) is 1. The average molecular weight is 304 g/mol. The molecule has 1 N–H and O–H groups in total. The van der Waals surface area contributed by atoms with Crippen LogP contribution in [-0.4, -0.2) is 12.7 Å². The Kier molecular flexibility index (Phi) is 3.47. The lowest BCUT2D eigenvalue weighted by Gasteiger charge is -2.10. The van der Waals surface area contributed by atoms with Crippen molar-refractivity contribution in [1.82, 2.24) is 0 Å². The van der Waals surface area contributed by atoms with Crippen LogP contribution in [0.5, 0.6) is 11.5 Å². The Morgan fingerprint density at radius 2 is 2.00 bits per heavy atom. The second-order valence-corrected chi connectivity index (χ2v) is 5.37. The van der Waals surface area contributed by atoms with E-state index in [1.807, 2.05) is 32.0 Å². The van der Waals surface area contributed by atoms with Crippen LogP contribution < -0.4 is 14.8 Å². The van der Waals surface area contributed by atoms with Gasteiger partial charge in [0.15, 0.2) is 11.5 Å². The summed E-state index contributed by atoms with van der Waals surface area (Å²) in [6.07, 6.45) is 0. The number of hydrogen-bond acceptors (Lipinski definition) is 3. The Labute approximate surface area is 127 Å². The van der Waals surface area contributed by atoms with Crippen molar-refractivity contribution < 1.29 is 14.3 Å². The Hall–Kier alpha value is -2.20. The van der Waals surface area contributed by atoms with Gasteiger partial charge in [-0.1, -0.05) is 29.3 Å². The summed E-state index contributed by atoms with van der Waals surface area (Å²) in [5, 5.41) is 3.25. The third kappa shape index (κ3) is 2.67. The molecule has 0 atom stereocenters. The van der Waals surface area contributed by atoms with Gasteiger partial charge in [-0.05, 0) is 37.6 Å². The van der Waals surface area contributed by atoms with E-state index in [9.17, 15) is 4.79 Å². The number of hydrogen-bond donors (Lipinski definition) is 1. The summed E-state index contributed by atoms with van der Waals surface area (Å²) in [5.41, 5.74) is 3.37. The minimum Gasteiger partial charge on any atom is -0.454 e. The van der Waals surface area contributed by atoms with Crippen LogP contribution in [0.25, 0.3) is 0 Å². The first-order valence-corrected chi connectivity index (χ1v) is 6.90. The molecule has 1 aliphatic heterocycles. The van der Waals surface area contributed by atoms with Gasteiger partial charge < -0.3 is 14.8 Å². The predicted molar refractivity (Wildman–Crippen MR) is 81.4 cm³/mol. The zero-order valence-corrected chi connectivity index (χ0v) is 12.5. The molecule has 0 unspecified atom stereocenters. The van der Waals surface area contributed by atoms with Gasteiger partial charge in [-0.3, -0.25) is 4.79 Å². The summed E-state index contributed by atoms with van der Waals surface area (Å²) < 4.78 is 10.5. The fraction of sp³-hybridized carbons (Fsp3) is 0.188. The van der Waals surface area contributed by atoms with Gasteiger partial charge >= 0.3 is 0 Å². The summed E-state index contributed by atoms with van der Waals surface area (Å²) in [6.45, 7) is 4.09. The maximum atomic E-state index is 12.3. The first kappa shape index (κ1) is 13.8. The molecule has 0 saturated heterocycles. The van der Waals surface area contributed by atoms with Gasteiger partial charge in [-0.2, -0.15) is 0 Å². The summed E-state index contributed by atoms with van der Waals surface area (Å²) in [6, 6.07) is 9.07.